The van der Waals surface area contributed by atoms with Crippen molar-refractivity contribution in [3.05, 3.63) is 64.9 Å². The molecule has 2 fully saturated rings. The standard InChI is InChI=1S/C20H21ClN2O/c1-23(20(24)18-16-5-2-6-17(16)18)19(14-4-3-11-22-12-14)13-7-9-15(21)10-8-13/h3-4,7-12,16-19H,2,5-6H2,1H3. The summed E-state index contributed by atoms with van der Waals surface area (Å²) >= 11 is 6.04. The number of pyridine rings is 1. The van der Waals surface area contributed by atoms with E-state index in [1.165, 1.54) is 19.3 Å². The summed E-state index contributed by atoms with van der Waals surface area (Å²) in [6, 6.07) is 11.6. The first-order valence-corrected chi connectivity index (χ1v) is 8.96. The van der Waals surface area contributed by atoms with Crippen molar-refractivity contribution >= 4 is 17.5 Å². The first kappa shape index (κ1) is 15.6. The lowest BCUT2D eigenvalue weighted by atomic mass is 9.98. The van der Waals surface area contributed by atoms with Gasteiger partial charge in [-0.25, -0.2) is 0 Å². The number of hydrogen-bond donors (Lipinski definition) is 0. The van der Waals surface area contributed by atoms with Gasteiger partial charge in [-0.05, 0) is 54.0 Å². The number of carbonyl (C=O) groups is 1. The first-order valence-electron chi connectivity index (χ1n) is 8.59. The van der Waals surface area contributed by atoms with Gasteiger partial charge in [-0.15, -0.1) is 0 Å². The van der Waals surface area contributed by atoms with Gasteiger partial charge in [0.15, 0.2) is 0 Å². The molecule has 4 rings (SSSR count). The number of carbonyl (C=O) groups excluding carboxylic acids is 1. The zero-order chi connectivity index (χ0) is 16.7. The van der Waals surface area contributed by atoms with Crippen molar-refractivity contribution in [3.8, 4) is 0 Å². The van der Waals surface area contributed by atoms with Crippen LogP contribution in [0.5, 0.6) is 0 Å². The largest absolute Gasteiger partial charge is 0.334 e. The molecule has 124 valence electrons. The second-order valence-corrected chi connectivity index (χ2v) is 7.41. The Morgan fingerprint density at radius 3 is 2.50 bits per heavy atom. The zero-order valence-electron chi connectivity index (χ0n) is 13.7. The smallest absolute Gasteiger partial charge is 0.226 e. The number of benzene rings is 1. The van der Waals surface area contributed by atoms with Crippen LogP contribution in [0.2, 0.25) is 5.02 Å². The molecule has 3 nitrogen and oxygen atoms in total. The maximum Gasteiger partial charge on any atom is 0.226 e. The Bertz CT molecular complexity index is 721. The fourth-order valence-electron chi connectivity index (χ4n) is 4.37. The predicted octanol–water partition coefficient (Wildman–Crippen LogP) is 4.33. The molecule has 0 aliphatic heterocycles. The molecule has 24 heavy (non-hydrogen) atoms. The summed E-state index contributed by atoms with van der Waals surface area (Å²) in [5, 5.41) is 0.703. The minimum Gasteiger partial charge on any atom is -0.334 e. The first-order chi connectivity index (χ1) is 11.7. The number of fused-ring (bicyclic) bond motifs is 1. The molecule has 1 aromatic heterocycles. The highest BCUT2D eigenvalue weighted by molar-refractivity contribution is 6.30. The molecule has 0 saturated heterocycles. The fraction of sp³-hybridized carbons (Fsp3) is 0.400. The fourth-order valence-corrected chi connectivity index (χ4v) is 4.50. The predicted molar refractivity (Wildman–Crippen MR) is 94.6 cm³/mol. The van der Waals surface area contributed by atoms with E-state index in [1.54, 1.807) is 6.20 Å². The SMILES string of the molecule is CN(C(=O)C1C2CCCC21)C(c1ccc(Cl)cc1)c1cccnc1. The maximum atomic E-state index is 13.1. The van der Waals surface area contributed by atoms with E-state index in [1.807, 2.05) is 54.5 Å². The van der Waals surface area contributed by atoms with Crippen LogP contribution in [0.1, 0.15) is 36.4 Å². The minimum absolute atomic E-state index is 0.121. The average Bonchev–Trinajstić information content (AvgIpc) is 3.08. The van der Waals surface area contributed by atoms with E-state index in [0.717, 1.165) is 11.1 Å². The van der Waals surface area contributed by atoms with Crippen molar-refractivity contribution in [2.24, 2.45) is 17.8 Å². The summed E-state index contributed by atoms with van der Waals surface area (Å²) in [6.45, 7) is 0. The molecule has 4 heteroatoms. The molecule has 2 aromatic rings. The molecular formula is C20H21ClN2O. The van der Waals surface area contributed by atoms with Gasteiger partial charge in [0.2, 0.25) is 5.91 Å². The highest BCUT2D eigenvalue weighted by Gasteiger charge is 2.57. The second-order valence-electron chi connectivity index (χ2n) is 6.97. The molecule has 1 aromatic carbocycles. The van der Waals surface area contributed by atoms with E-state index in [0.29, 0.717) is 16.9 Å². The Kier molecular flexibility index (Phi) is 4.05. The van der Waals surface area contributed by atoms with Crippen LogP contribution in [0.25, 0.3) is 0 Å². The van der Waals surface area contributed by atoms with Crippen LogP contribution in [-0.2, 0) is 4.79 Å². The van der Waals surface area contributed by atoms with Crippen LogP contribution in [-0.4, -0.2) is 22.8 Å². The monoisotopic (exact) mass is 340 g/mol. The summed E-state index contributed by atoms with van der Waals surface area (Å²) in [7, 11) is 1.92. The average molecular weight is 341 g/mol. The van der Waals surface area contributed by atoms with Gasteiger partial charge in [-0.2, -0.15) is 0 Å². The summed E-state index contributed by atoms with van der Waals surface area (Å²) < 4.78 is 0. The summed E-state index contributed by atoms with van der Waals surface area (Å²) in [5.41, 5.74) is 2.09. The van der Waals surface area contributed by atoms with E-state index in [2.05, 4.69) is 4.98 Å². The number of amides is 1. The molecular weight excluding hydrogens is 320 g/mol. The van der Waals surface area contributed by atoms with Gasteiger partial charge >= 0.3 is 0 Å². The molecule has 1 heterocycles. The normalized spacial score (nSPS) is 25.8. The van der Waals surface area contributed by atoms with Gasteiger partial charge in [-0.1, -0.05) is 36.2 Å². The molecule has 2 aliphatic carbocycles. The van der Waals surface area contributed by atoms with Gasteiger partial charge in [0.1, 0.15) is 0 Å². The molecule has 1 amide bonds. The highest BCUT2D eigenvalue weighted by Crippen LogP contribution is 2.58. The van der Waals surface area contributed by atoms with E-state index in [4.69, 9.17) is 11.6 Å². The quantitative estimate of drug-likeness (QED) is 0.830. The van der Waals surface area contributed by atoms with Crippen LogP contribution in [0.15, 0.2) is 48.8 Å². The Hall–Kier alpha value is -1.87. The lowest BCUT2D eigenvalue weighted by Crippen LogP contribution is -2.34. The van der Waals surface area contributed by atoms with Crippen molar-refractivity contribution in [2.45, 2.75) is 25.3 Å². The van der Waals surface area contributed by atoms with Gasteiger partial charge in [0, 0.05) is 30.4 Å². The minimum atomic E-state index is -0.121. The van der Waals surface area contributed by atoms with E-state index >= 15 is 0 Å². The molecule has 2 saturated carbocycles. The molecule has 3 atom stereocenters. The van der Waals surface area contributed by atoms with Crippen molar-refractivity contribution in [1.29, 1.82) is 0 Å². The van der Waals surface area contributed by atoms with Crippen LogP contribution in [0.4, 0.5) is 0 Å². The third-order valence-electron chi connectivity index (χ3n) is 5.61. The van der Waals surface area contributed by atoms with Gasteiger partial charge in [0.05, 0.1) is 6.04 Å². The van der Waals surface area contributed by atoms with Crippen LogP contribution in [0.3, 0.4) is 0 Å². The van der Waals surface area contributed by atoms with Crippen molar-refractivity contribution < 1.29 is 4.79 Å². The number of halogens is 1. The number of aromatic nitrogens is 1. The second kappa shape index (κ2) is 6.21. The highest BCUT2D eigenvalue weighted by atomic mass is 35.5. The molecule has 0 spiro atoms. The Morgan fingerprint density at radius 2 is 1.88 bits per heavy atom. The van der Waals surface area contributed by atoms with E-state index in [-0.39, 0.29) is 17.9 Å². The maximum absolute atomic E-state index is 13.1. The third kappa shape index (κ3) is 2.71. The van der Waals surface area contributed by atoms with E-state index < -0.39 is 0 Å². The summed E-state index contributed by atoms with van der Waals surface area (Å²) in [5.74, 6) is 1.75. The van der Waals surface area contributed by atoms with Gasteiger partial charge < -0.3 is 4.90 Å². The lowest BCUT2D eigenvalue weighted by molar-refractivity contribution is -0.133. The van der Waals surface area contributed by atoms with Crippen LogP contribution >= 0.6 is 11.6 Å². The molecule has 3 unspecified atom stereocenters. The van der Waals surface area contributed by atoms with Crippen LogP contribution in [0, 0.1) is 17.8 Å². The number of hydrogen-bond acceptors (Lipinski definition) is 2. The van der Waals surface area contributed by atoms with Crippen LogP contribution < -0.4 is 0 Å². The molecule has 2 aliphatic rings. The van der Waals surface area contributed by atoms with Gasteiger partial charge in [0.25, 0.3) is 0 Å². The Labute approximate surface area is 147 Å². The number of rotatable bonds is 4. The Balaban J connectivity index is 1.64. The molecule has 0 N–H and O–H groups in total. The summed E-state index contributed by atoms with van der Waals surface area (Å²) in [6.07, 6.45) is 7.32. The van der Waals surface area contributed by atoms with Crippen molar-refractivity contribution in [2.75, 3.05) is 7.05 Å². The topological polar surface area (TPSA) is 33.2 Å². The summed E-state index contributed by atoms with van der Waals surface area (Å²) in [4.78, 5) is 19.2. The van der Waals surface area contributed by atoms with Crippen molar-refractivity contribution in [3.63, 3.8) is 0 Å². The van der Waals surface area contributed by atoms with Crippen molar-refractivity contribution in [1.82, 2.24) is 9.88 Å². The number of nitrogens with zero attached hydrogens (tertiary/aromatic N) is 2. The van der Waals surface area contributed by atoms with Gasteiger partial charge in [-0.3, -0.25) is 9.78 Å². The molecule has 0 bridgehead atoms. The zero-order valence-corrected chi connectivity index (χ0v) is 14.5. The third-order valence-corrected chi connectivity index (χ3v) is 5.86. The van der Waals surface area contributed by atoms with E-state index in [9.17, 15) is 4.79 Å². The molecule has 0 radical (unpaired) electrons. The lowest BCUT2D eigenvalue weighted by Gasteiger charge is -2.29. The Morgan fingerprint density at radius 1 is 1.17 bits per heavy atom.